The molecule has 0 saturated heterocycles. The quantitative estimate of drug-likeness (QED) is 0.476. The molecule has 152 valence electrons. The first-order chi connectivity index (χ1) is 14.4. The van der Waals surface area contributed by atoms with Crippen LogP contribution in [0.25, 0.3) is 22.4 Å². The molecular weight excluding hydrogens is 431 g/mol. The van der Waals surface area contributed by atoms with Gasteiger partial charge in [-0.1, -0.05) is 16.8 Å². The van der Waals surface area contributed by atoms with Gasteiger partial charge in [-0.25, -0.2) is 12.8 Å². The molecular formula is C20H14ClFN4O3S. The first-order valence-electron chi connectivity index (χ1n) is 9.12. The zero-order chi connectivity index (χ0) is 20.9. The summed E-state index contributed by atoms with van der Waals surface area (Å²) >= 11 is 6.31. The van der Waals surface area contributed by atoms with Crippen molar-refractivity contribution in [3.8, 4) is 11.5 Å². The first-order valence-corrected chi connectivity index (χ1v) is 11.0. The van der Waals surface area contributed by atoms with E-state index >= 15 is 0 Å². The van der Waals surface area contributed by atoms with Crippen molar-refractivity contribution in [1.29, 1.82) is 0 Å². The number of aromatic nitrogens is 3. The fourth-order valence-electron chi connectivity index (χ4n) is 3.14. The number of hydrogen-bond donors (Lipinski definition) is 1. The zero-order valence-electron chi connectivity index (χ0n) is 15.3. The number of halogens is 2. The van der Waals surface area contributed by atoms with Gasteiger partial charge in [0.1, 0.15) is 11.3 Å². The van der Waals surface area contributed by atoms with E-state index in [1.54, 1.807) is 18.2 Å². The lowest BCUT2D eigenvalue weighted by Crippen LogP contribution is -2.14. The second-order valence-corrected chi connectivity index (χ2v) is 9.04. The Bertz CT molecular complexity index is 1390. The molecule has 1 saturated carbocycles. The van der Waals surface area contributed by atoms with E-state index in [9.17, 15) is 12.8 Å². The Balaban J connectivity index is 1.47. The number of nitrogens with zero attached hydrogens (tertiary/aromatic N) is 3. The minimum Gasteiger partial charge on any atom is -0.334 e. The van der Waals surface area contributed by atoms with Crippen LogP contribution in [0.1, 0.15) is 24.6 Å². The van der Waals surface area contributed by atoms with Crippen LogP contribution < -0.4 is 4.72 Å². The summed E-state index contributed by atoms with van der Waals surface area (Å²) in [4.78, 5) is 8.19. The summed E-state index contributed by atoms with van der Waals surface area (Å²) in [6.45, 7) is 0. The summed E-state index contributed by atoms with van der Waals surface area (Å²) < 4.78 is 47.6. The summed E-state index contributed by atoms with van der Waals surface area (Å²) in [6.07, 6.45) is 3.50. The van der Waals surface area contributed by atoms with E-state index in [1.165, 1.54) is 24.4 Å². The van der Waals surface area contributed by atoms with E-state index in [1.807, 2.05) is 0 Å². The molecule has 4 aromatic rings. The van der Waals surface area contributed by atoms with Crippen LogP contribution in [0.15, 0.2) is 58.1 Å². The van der Waals surface area contributed by atoms with Gasteiger partial charge in [-0.3, -0.25) is 9.71 Å². The smallest absolute Gasteiger partial charge is 0.262 e. The maximum atomic E-state index is 14.0. The second-order valence-electron chi connectivity index (χ2n) is 6.98. The van der Waals surface area contributed by atoms with Gasteiger partial charge >= 0.3 is 0 Å². The highest BCUT2D eigenvalue weighted by molar-refractivity contribution is 7.93. The molecule has 2 heterocycles. The third-order valence-electron chi connectivity index (χ3n) is 4.81. The van der Waals surface area contributed by atoms with Gasteiger partial charge in [-0.2, -0.15) is 4.98 Å². The number of nitrogens with one attached hydrogen (secondary N) is 1. The summed E-state index contributed by atoms with van der Waals surface area (Å²) in [6, 6.07) is 10.0. The van der Waals surface area contributed by atoms with Crippen LogP contribution in [0.5, 0.6) is 0 Å². The highest BCUT2D eigenvalue weighted by Gasteiger charge is 2.29. The van der Waals surface area contributed by atoms with Crippen molar-refractivity contribution < 1.29 is 17.3 Å². The summed E-state index contributed by atoms with van der Waals surface area (Å²) in [5, 5.41) is 4.30. The summed E-state index contributed by atoms with van der Waals surface area (Å²) in [5.41, 5.74) is 0.729. The molecule has 0 aliphatic heterocycles. The van der Waals surface area contributed by atoms with Crippen LogP contribution in [0.2, 0.25) is 5.02 Å². The molecule has 0 bridgehead atoms. The van der Waals surface area contributed by atoms with Crippen molar-refractivity contribution in [2.45, 2.75) is 23.7 Å². The first kappa shape index (κ1) is 19.0. The van der Waals surface area contributed by atoms with Gasteiger partial charge in [0.05, 0.1) is 15.6 Å². The topological polar surface area (TPSA) is 98.0 Å². The van der Waals surface area contributed by atoms with Crippen LogP contribution in [-0.2, 0) is 10.0 Å². The fourth-order valence-corrected chi connectivity index (χ4v) is 4.70. The van der Waals surface area contributed by atoms with E-state index in [0.29, 0.717) is 23.2 Å². The number of pyridine rings is 1. The van der Waals surface area contributed by atoms with E-state index in [2.05, 4.69) is 19.8 Å². The highest BCUT2D eigenvalue weighted by atomic mass is 35.5. The summed E-state index contributed by atoms with van der Waals surface area (Å²) in [5.74, 6) is 0.743. The maximum absolute atomic E-state index is 14.0. The lowest BCUT2D eigenvalue weighted by atomic mass is 10.2. The van der Waals surface area contributed by atoms with Gasteiger partial charge < -0.3 is 4.52 Å². The molecule has 30 heavy (non-hydrogen) atoms. The molecule has 1 fully saturated rings. The van der Waals surface area contributed by atoms with Crippen LogP contribution >= 0.6 is 11.6 Å². The predicted octanol–water partition coefficient (Wildman–Crippen LogP) is 4.76. The molecule has 7 nitrogen and oxygen atoms in total. The summed E-state index contributed by atoms with van der Waals surface area (Å²) in [7, 11) is -4.05. The number of sulfonamides is 1. The largest absolute Gasteiger partial charge is 0.334 e. The molecule has 1 N–H and O–H groups in total. The molecule has 0 radical (unpaired) electrons. The van der Waals surface area contributed by atoms with E-state index < -0.39 is 15.8 Å². The van der Waals surface area contributed by atoms with Gasteiger partial charge in [0.15, 0.2) is 5.82 Å². The van der Waals surface area contributed by atoms with Crippen molar-refractivity contribution in [2.75, 3.05) is 4.72 Å². The van der Waals surface area contributed by atoms with Crippen LogP contribution in [0.4, 0.5) is 10.1 Å². The molecule has 1 aliphatic rings. The molecule has 0 atom stereocenters. The minimum absolute atomic E-state index is 0.0234. The van der Waals surface area contributed by atoms with Crippen molar-refractivity contribution in [3.05, 3.63) is 65.3 Å². The standard InChI is InChI=1S/C20H14ClFN4O3S/c21-14-10-12(20-24-19(25-29-20)11-3-4-11)5-7-16(14)26-30(27,28)17-8-6-15(22)18-13(17)2-1-9-23-18/h1-2,5-11,26H,3-4H2. The molecule has 1 aliphatic carbocycles. The third-order valence-corrected chi connectivity index (χ3v) is 6.55. The van der Waals surface area contributed by atoms with Crippen LogP contribution in [0.3, 0.4) is 0 Å². The van der Waals surface area contributed by atoms with Crippen molar-refractivity contribution in [3.63, 3.8) is 0 Å². The molecule has 2 aromatic heterocycles. The van der Waals surface area contributed by atoms with Gasteiger partial charge in [0.2, 0.25) is 0 Å². The molecule has 0 unspecified atom stereocenters. The Morgan fingerprint density at radius 1 is 1.17 bits per heavy atom. The Morgan fingerprint density at radius 2 is 2.00 bits per heavy atom. The number of hydrogen-bond acceptors (Lipinski definition) is 6. The Labute approximate surface area is 176 Å². The number of fused-ring (bicyclic) bond motifs is 1. The van der Waals surface area contributed by atoms with Gasteiger partial charge in [-0.15, -0.1) is 0 Å². The van der Waals surface area contributed by atoms with E-state index in [-0.39, 0.29) is 26.5 Å². The van der Waals surface area contributed by atoms with Gasteiger partial charge in [-0.05, 0) is 55.3 Å². The number of rotatable bonds is 5. The monoisotopic (exact) mass is 444 g/mol. The minimum atomic E-state index is -4.05. The molecule has 10 heteroatoms. The zero-order valence-corrected chi connectivity index (χ0v) is 16.9. The van der Waals surface area contributed by atoms with E-state index in [4.69, 9.17) is 16.1 Å². The Hall–Kier alpha value is -3.04. The lowest BCUT2D eigenvalue weighted by molar-refractivity contribution is 0.422. The van der Waals surface area contributed by atoms with E-state index in [0.717, 1.165) is 18.9 Å². The SMILES string of the molecule is O=S(=O)(Nc1ccc(-c2nc(C3CC3)no2)cc1Cl)c1ccc(F)c2ncccc12. The molecule has 2 aromatic carbocycles. The Morgan fingerprint density at radius 3 is 2.77 bits per heavy atom. The molecule has 5 rings (SSSR count). The molecule has 0 spiro atoms. The lowest BCUT2D eigenvalue weighted by Gasteiger charge is -2.12. The second kappa shape index (κ2) is 7.03. The van der Waals surface area contributed by atoms with Crippen molar-refractivity contribution in [1.82, 2.24) is 15.1 Å². The number of anilines is 1. The predicted molar refractivity (Wildman–Crippen MR) is 109 cm³/mol. The van der Waals surface area contributed by atoms with Crippen molar-refractivity contribution >= 4 is 38.2 Å². The fraction of sp³-hybridized carbons (Fsp3) is 0.150. The van der Waals surface area contributed by atoms with Crippen LogP contribution in [-0.4, -0.2) is 23.5 Å². The number of benzene rings is 2. The highest BCUT2D eigenvalue weighted by Crippen LogP contribution is 2.39. The average Bonchev–Trinajstić information content (AvgIpc) is 3.46. The van der Waals surface area contributed by atoms with Crippen LogP contribution in [0, 0.1) is 5.82 Å². The van der Waals surface area contributed by atoms with Gasteiger partial charge in [0, 0.05) is 23.1 Å². The van der Waals surface area contributed by atoms with Gasteiger partial charge in [0.25, 0.3) is 15.9 Å². The normalized spacial score (nSPS) is 14.2. The van der Waals surface area contributed by atoms with Crippen molar-refractivity contribution in [2.24, 2.45) is 0 Å². The molecule has 0 amide bonds. The average molecular weight is 445 g/mol. The maximum Gasteiger partial charge on any atom is 0.262 e. The third kappa shape index (κ3) is 3.40. The Kier molecular flexibility index (Phi) is 4.44.